The van der Waals surface area contributed by atoms with Crippen molar-refractivity contribution < 1.29 is 9.53 Å². The summed E-state index contributed by atoms with van der Waals surface area (Å²) in [6.45, 7) is 6.53. The third-order valence-corrected chi connectivity index (χ3v) is 3.77. The van der Waals surface area contributed by atoms with Gasteiger partial charge in [-0.2, -0.15) is 4.37 Å². The predicted octanol–water partition coefficient (Wildman–Crippen LogP) is 0.832. The third kappa shape index (κ3) is 3.42. The minimum atomic E-state index is -0.295. The summed E-state index contributed by atoms with van der Waals surface area (Å²) in [4.78, 5) is 18.5. The van der Waals surface area contributed by atoms with Gasteiger partial charge in [-0.1, -0.05) is 6.92 Å². The van der Waals surface area contributed by atoms with E-state index in [4.69, 9.17) is 4.74 Å². The van der Waals surface area contributed by atoms with E-state index in [0.29, 0.717) is 13.2 Å². The number of nitrogens with zero attached hydrogens (tertiary/aromatic N) is 3. The molecule has 1 aliphatic rings. The Labute approximate surface area is 117 Å². The fourth-order valence-corrected chi connectivity index (χ4v) is 2.86. The van der Waals surface area contributed by atoms with E-state index >= 15 is 0 Å². The molecular formula is C12H20N4O2S. The van der Waals surface area contributed by atoms with Crippen molar-refractivity contribution in [3.63, 3.8) is 0 Å². The molecule has 1 atom stereocenters. The Morgan fingerprint density at radius 1 is 1.58 bits per heavy atom. The van der Waals surface area contributed by atoms with Crippen LogP contribution >= 0.6 is 11.5 Å². The van der Waals surface area contributed by atoms with Gasteiger partial charge in [0.1, 0.15) is 11.9 Å². The lowest BCUT2D eigenvalue weighted by atomic mass is 10.2. The number of carbonyl (C=O) groups is 1. The van der Waals surface area contributed by atoms with Crippen LogP contribution in [0.2, 0.25) is 0 Å². The number of aryl methyl sites for hydroxylation is 1. The Morgan fingerprint density at radius 2 is 2.42 bits per heavy atom. The summed E-state index contributed by atoms with van der Waals surface area (Å²) in [5.74, 6) is 0.672. The molecule has 1 N–H and O–H groups in total. The van der Waals surface area contributed by atoms with Gasteiger partial charge in [-0.15, -0.1) is 0 Å². The Bertz CT molecular complexity index is 424. The number of esters is 1. The highest BCUT2D eigenvalue weighted by molar-refractivity contribution is 7.09. The Balaban J connectivity index is 2.11. The molecule has 0 radical (unpaired) electrons. The SMILES string of the molecule is CCCc1nsc(N2CCNCC2C(=O)OCC)n1. The number of anilines is 1. The minimum Gasteiger partial charge on any atom is -0.464 e. The fraction of sp³-hybridized carbons (Fsp3) is 0.750. The summed E-state index contributed by atoms with van der Waals surface area (Å²) in [5.41, 5.74) is 0. The molecule has 106 valence electrons. The van der Waals surface area contributed by atoms with Crippen LogP contribution in [0.3, 0.4) is 0 Å². The lowest BCUT2D eigenvalue weighted by Crippen LogP contribution is -2.55. The molecule has 0 saturated carbocycles. The molecule has 0 amide bonds. The van der Waals surface area contributed by atoms with Crippen molar-refractivity contribution in [1.82, 2.24) is 14.7 Å². The first kappa shape index (κ1) is 14.2. The number of nitrogens with one attached hydrogen (secondary N) is 1. The number of hydrogen-bond acceptors (Lipinski definition) is 7. The Morgan fingerprint density at radius 3 is 3.16 bits per heavy atom. The van der Waals surface area contributed by atoms with Crippen LogP contribution in [0.5, 0.6) is 0 Å². The topological polar surface area (TPSA) is 67.4 Å². The molecule has 2 heterocycles. The van der Waals surface area contributed by atoms with E-state index in [2.05, 4.69) is 21.6 Å². The van der Waals surface area contributed by atoms with E-state index in [0.717, 1.165) is 36.9 Å². The molecule has 2 rings (SSSR count). The normalized spacial score (nSPS) is 19.5. The molecule has 7 heteroatoms. The van der Waals surface area contributed by atoms with Crippen LogP contribution in [0.15, 0.2) is 0 Å². The Kier molecular flexibility index (Phi) is 5.09. The zero-order chi connectivity index (χ0) is 13.7. The van der Waals surface area contributed by atoms with Gasteiger partial charge in [-0.05, 0) is 13.3 Å². The maximum Gasteiger partial charge on any atom is 0.330 e. The molecule has 19 heavy (non-hydrogen) atoms. The van der Waals surface area contributed by atoms with Gasteiger partial charge in [0.25, 0.3) is 0 Å². The minimum absolute atomic E-state index is 0.193. The van der Waals surface area contributed by atoms with Gasteiger partial charge in [0, 0.05) is 37.6 Å². The molecule has 0 aromatic carbocycles. The molecule has 6 nitrogen and oxygen atoms in total. The maximum atomic E-state index is 12.0. The van der Waals surface area contributed by atoms with Gasteiger partial charge < -0.3 is 15.0 Å². The Hall–Kier alpha value is -1.21. The van der Waals surface area contributed by atoms with Crippen LogP contribution in [0.4, 0.5) is 5.13 Å². The summed E-state index contributed by atoms with van der Waals surface area (Å²) >= 11 is 1.36. The van der Waals surface area contributed by atoms with E-state index in [1.54, 1.807) is 0 Å². The van der Waals surface area contributed by atoms with E-state index < -0.39 is 0 Å². The van der Waals surface area contributed by atoms with Crippen LogP contribution in [0.1, 0.15) is 26.1 Å². The molecular weight excluding hydrogens is 264 g/mol. The fourth-order valence-electron chi connectivity index (χ4n) is 2.07. The molecule has 1 aromatic heterocycles. The molecule has 1 fully saturated rings. The molecule has 1 saturated heterocycles. The van der Waals surface area contributed by atoms with Crippen molar-refractivity contribution in [3.05, 3.63) is 5.82 Å². The third-order valence-electron chi connectivity index (χ3n) is 2.98. The highest BCUT2D eigenvalue weighted by Crippen LogP contribution is 2.22. The quantitative estimate of drug-likeness (QED) is 0.808. The molecule has 0 spiro atoms. The van der Waals surface area contributed by atoms with Gasteiger partial charge >= 0.3 is 5.97 Å². The summed E-state index contributed by atoms with van der Waals surface area (Å²) in [5, 5.41) is 4.04. The molecule has 1 aliphatic heterocycles. The van der Waals surface area contributed by atoms with Crippen LogP contribution in [-0.2, 0) is 16.0 Å². The summed E-state index contributed by atoms with van der Waals surface area (Å²) in [6.07, 6.45) is 1.91. The first-order chi connectivity index (χ1) is 9.26. The maximum absolute atomic E-state index is 12.0. The van der Waals surface area contributed by atoms with Gasteiger partial charge in [0.15, 0.2) is 0 Å². The van der Waals surface area contributed by atoms with Crippen molar-refractivity contribution in [2.24, 2.45) is 0 Å². The second-order valence-electron chi connectivity index (χ2n) is 4.41. The van der Waals surface area contributed by atoms with Crippen LogP contribution in [0.25, 0.3) is 0 Å². The second kappa shape index (κ2) is 6.81. The monoisotopic (exact) mass is 284 g/mol. The van der Waals surface area contributed by atoms with Crippen molar-refractivity contribution in [2.45, 2.75) is 32.7 Å². The number of rotatable bonds is 5. The lowest BCUT2D eigenvalue weighted by molar-refractivity contribution is -0.144. The number of aromatic nitrogens is 2. The van der Waals surface area contributed by atoms with Crippen LogP contribution < -0.4 is 10.2 Å². The van der Waals surface area contributed by atoms with Gasteiger partial charge in [0.05, 0.1) is 6.61 Å². The van der Waals surface area contributed by atoms with E-state index in [9.17, 15) is 4.79 Å². The lowest BCUT2D eigenvalue weighted by Gasteiger charge is -2.33. The summed E-state index contributed by atoms with van der Waals surface area (Å²) in [7, 11) is 0. The largest absolute Gasteiger partial charge is 0.464 e. The van der Waals surface area contributed by atoms with Gasteiger partial charge in [-0.25, -0.2) is 9.78 Å². The van der Waals surface area contributed by atoms with Crippen LogP contribution in [-0.4, -0.2) is 47.6 Å². The van der Waals surface area contributed by atoms with Gasteiger partial charge in [0.2, 0.25) is 5.13 Å². The molecule has 1 unspecified atom stereocenters. The van der Waals surface area contributed by atoms with Gasteiger partial charge in [-0.3, -0.25) is 0 Å². The smallest absolute Gasteiger partial charge is 0.330 e. The van der Waals surface area contributed by atoms with Crippen molar-refractivity contribution in [3.8, 4) is 0 Å². The number of carbonyl (C=O) groups excluding carboxylic acids is 1. The second-order valence-corrected chi connectivity index (χ2v) is 5.14. The van der Waals surface area contributed by atoms with Crippen LogP contribution in [0, 0.1) is 0 Å². The first-order valence-corrected chi connectivity index (χ1v) is 7.50. The summed E-state index contributed by atoms with van der Waals surface area (Å²) in [6, 6.07) is -0.295. The zero-order valence-electron chi connectivity index (χ0n) is 11.4. The summed E-state index contributed by atoms with van der Waals surface area (Å²) < 4.78 is 9.46. The van der Waals surface area contributed by atoms with Crippen molar-refractivity contribution >= 4 is 22.6 Å². The number of ether oxygens (including phenoxy) is 1. The van der Waals surface area contributed by atoms with E-state index in [1.807, 2.05) is 11.8 Å². The van der Waals surface area contributed by atoms with Crippen molar-refractivity contribution in [2.75, 3.05) is 31.1 Å². The first-order valence-electron chi connectivity index (χ1n) is 6.72. The molecule has 0 aliphatic carbocycles. The van der Waals surface area contributed by atoms with E-state index in [1.165, 1.54) is 11.5 Å². The van der Waals surface area contributed by atoms with Crippen molar-refractivity contribution in [1.29, 1.82) is 0 Å². The highest BCUT2D eigenvalue weighted by atomic mass is 32.1. The number of hydrogen-bond donors (Lipinski definition) is 1. The average Bonchev–Trinajstić information content (AvgIpc) is 2.88. The average molecular weight is 284 g/mol. The van der Waals surface area contributed by atoms with E-state index in [-0.39, 0.29) is 12.0 Å². The predicted molar refractivity (Wildman–Crippen MR) is 74.5 cm³/mol. The highest BCUT2D eigenvalue weighted by Gasteiger charge is 2.31. The standard InChI is InChI=1S/C12H20N4O2S/c1-3-5-10-14-12(19-15-10)16-7-6-13-8-9(16)11(17)18-4-2/h9,13H,3-8H2,1-2H3. The number of piperazine rings is 1. The molecule has 1 aromatic rings. The molecule has 0 bridgehead atoms. The zero-order valence-corrected chi connectivity index (χ0v) is 12.2.